The van der Waals surface area contributed by atoms with E-state index in [1.807, 2.05) is 31.0 Å². The van der Waals surface area contributed by atoms with Gasteiger partial charge in [0.1, 0.15) is 0 Å². The summed E-state index contributed by atoms with van der Waals surface area (Å²) in [4.78, 5) is 19.0. The van der Waals surface area contributed by atoms with E-state index in [1.54, 1.807) is 6.20 Å². The first-order chi connectivity index (χ1) is 11.2. The molecule has 0 bridgehead atoms. The van der Waals surface area contributed by atoms with Gasteiger partial charge >= 0.3 is 0 Å². The number of hydrogen-bond donors (Lipinski definition) is 1. The van der Waals surface area contributed by atoms with Crippen molar-refractivity contribution in [2.24, 2.45) is 0 Å². The molecule has 1 aliphatic heterocycles. The Morgan fingerprint density at radius 3 is 2.96 bits per heavy atom. The molecule has 0 aliphatic carbocycles. The Bertz CT molecular complexity index is 645. The molecule has 5 heteroatoms. The first-order valence-electron chi connectivity index (χ1n) is 8.36. The number of pyridine rings is 1. The van der Waals surface area contributed by atoms with Crippen LogP contribution < -0.4 is 0 Å². The van der Waals surface area contributed by atoms with Crippen LogP contribution in [0.5, 0.6) is 0 Å². The summed E-state index contributed by atoms with van der Waals surface area (Å²) < 4.78 is 0. The molecule has 0 radical (unpaired) electrons. The number of hydrogen-bond acceptors (Lipinski definition) is 3. The van der Waals surface area contributed by atoms with Crippen LogP contribution in [-0.2, 0) is 11.2 Å². The molecule has 1 fully saturated rings. The highest BCUT2D eigenvalue weighted by Crippen LogP contribution is 2.31. The zero-order valence-corrected chi connectivity index (χ0v) is 13.9. The van der Waals surface area contributed by atoms with Crippen LogP contribution in [0.25, 0.3) is 0 Å². The van der Waals surface area contributed by atoms with Gasteiger partial charge in [0.2, 0.25) is 5.91 Å². The number of aryl methyl sites for hydroxylation is 2. The molecule has 122 valence electrons. The van der Waals surface area contributed by atoms with Crippen LogP contribution >= 0.6 is 0 Å². The smallest absolute Gasteiger partial charge is 0.223 e. The van der Waals surface area contributed by atoms with Crippen LogP contribution in [-0.4, -0.2) is 32.5 Å². The molecule has 23 heavy (non-hydrogen) atoms. The van der Waals surface area contributed by atoms with Crippen molar-refractivity contribution in [3.63, 3.8) is 0 Å². The van der Waals surface area contributed by atoms with Crippen molar-refractivity contribution < 1.29 is 4.79 Å². The first kappa shape index (κ1) is 15.7. The molecule has 1 unspecified atom stereocenters. The fourth-order valence-corrected chi connectivity index (χ4v) is 3.47. The van der Waals surface area contributed by atoms with Gasteiger partial charge in [-0.15, -0.1) is 0 Å². The Balaban J connectivity index is 1.69. The molecule has 0 saturated carbocycles. The lowest BCUT2D eigenvalue weighted by Crippen LogP contribution is -2.38. The molecule has 1 saturated heterocycles. The SMILES string of the molecule is Cc1n[nH]c(C)c1CCC(=O)N1CCCCC1c1cccnc1. The van der Waals surface area contributed by atoms with E-state index in [2.05, 4.69) is 21.2 Å². The maximum atomic E-state index is 12.8. The van der Waals surface area contributed by atoms with E-state index in [9.17, 15) is 4.79 Å². The topological polar surface area (TPSA) is 61.9 Å². The minimum atomic E-state index is 0.177. The number of carbonyl (C=O) groups excluding carboxylic acids is 1. The second-order valence-electron chi connectivity index (χ2n) is 6.30. The Labute approximate surface area is 137 Å². The van der Waals surface area contributed by atoms with Gasteiger partial charge in [0.15, 0.2) is 0 Å². The van der Waals surface area contributed by atoms with Crippen LogP contribution in [0.3, 0.4) is 0 Å². The molecule has 5 nitrogen and oxygen atoms in total. The van der Waals surface area contributed by atoms with Crippen LogP contribution in [0, 0.1) is 13.8 Å². The number of nitrogens with zero attached hydrogens (tertiary/aromatic N) is 3. The van der Waals surface area contributed by atoms with Crippen molar-refractivity contribution >= 4 is 5.91 Å². The van der Waals surface area contributed by atoms with E-state index in [4.69, 9.17) is 0 Å². The summed E-state index contributed by atoms with van der Waals surface area (Å²) >= 11 is 0. The zero-order chi connectivity index (χ0) is 16.2. The number of carbonyl (C=O) groups is 1. The minimum Gasteiger partial charge on any atom is -0.336 e. The van der Waals surface area contributed by atoms with E-state index >= 15 is 0 Å². The van der Waals surface area contributed by atoms with Gasteiger partial charge in [-0.1, -0.05) is 6.07 Å². The third-order valence-electron chi connectivity index (χ3n) is 4.76. The number of rotatable bonds is 4. The molecular weight excluding hydrogens is 288 g/mol. The highest BCUT2D eigenvalue weighted by molar-refractivity contribution is 5.77. The summed E-state index contributed by atoms with van der Waals surface area (Å²) in [7, 11) is 0. The molecule has 1 aliphatic rings. The van der Waals surface area contributed by atoms with Gasteiger partial charge in [-0.05, 0) is 56.7 Å². The van der Waals surface area contributed by atoms with Crippen molar-refractivity contribution in [1.29, 1.82) is 0 Å². The van der Waals surface area contributed by atoms with Crippen molar-refractivity contribution in [2.75, 3.05) is 6.54 Å². The number of piperidine rings is 1. The molecule has 0 aromatic carbocycles. The molecule has 1 amide bonds. The third-order valence-corrected chi connectivity index (χ3v) is 4.76. The molecule has 2 aromatic heterocycles. The quantitative estimate of drug-likeness (QED) is 0.943. The molecule has 3 rings (SSSR count). The normalized spacial score (nSPS) is 18.2. The Kier molecular flexibility index (Phi) is 4.74. The summed E-state index contributed by atoms with van der Waals surface area (Å²) in [5.74, 6) is 0.235. The number of nitrogens with one attached hydrogen (secondary N) is 1. The Morgan fingerprint density at radius 1 is 1.39 bits per heavy atom. The van der Waals surface area contributed by atoms with Gasteiger partial charge in [0.25, 0.3) is 0 Å². The third kappa shape index (κ3) is 3.44. The van der Waals surface area contributed by atoms with E-state index in [1.165, 1.54) is 12.0 Å². The van der Waals surface area contributed by atoms with Gasteiger partial charge in [-0.25, -0.2) is 0 Å². The molecule has 3 heterocycles. The first-order valence-corrected chi connectivity index (χ1v) is 8.36. The largest absolute Gasteiger partial charge is 0.336 e. The average molecular weight is 312 g/mol. The highest BCUT2D eigenvalue weighted by atomic mass is 16.2. The molecule has 2 aromatic rings. The van der Waals surface area contributed by atoms with Crippen LogP contribution in [0.1, 0.15) is 54.2 Å². The van der Waals surface area contributed by atoms with E-state index in [-0.39, 0.29) is 11.9 Å². The second kappa shape index (κ2) is 6.94. The van der Waals surface area contributed by atoms with Gasteiger partial charge in [0, 0.05) is 31.1 Å². The predicted molar refractivity (Wildman–Crippen MR) is 88.9 cm³/mol. The average Bonchev–Trinajstić information content (AvgIpc) is 2.92. The molecule has 1 N–H and O–H groups in total. The summed E-state index contributed by atoms with van der Waals surface area (Å²) in [5, 5.41) is 7.20. The van der Waals surface area contributed by atoms with Gasteiger partial charge in [-0.3, -0.25) is 14.9 Å². The summed E-state index contributed by atoms with van der Waals surface area (Å²) in [6.45, 7) is 4.85. The van der Waals surface area contributed by atoms with Crippen LogP contribution in [0.4, 0.5) is 0 Å². The van der Waals surface area contributed by atoms with Crippen molar-refractivity contribution in [2.45, 2.75) is 52.0 Å². The van der Waals surface area contributed by atoms with E-state index < -0.39 is 0 Å². The molecule has 0 spiro atoms. The van der Waals surface area contributed by atoms with Crippen molar-refractivity contribution in [3.05, 3.63) is 47.0 Å². The number of amides is 1. The molecular formula is C18H24N4O. The van der Waals surface area contributed by atoms with Crippen molar-refractivity contribution in [1.82, 2.24) is 20.1 Å². The molecule has 1 atom stereocenters. The maximum Gasteiger partial charge on any atom is 0.223 e. The Hall–Kier alpha value is -2.17. The Morgan fingerprint density at radius 2 is 2.26 bits per heavy atom. The minimum absolute atomic E-state index is 0.177. The number of aromatic amines is 1. The fraction of sp³-hybridized carbons (Fsp3) is 0.500. The summed E-state index contributed by atoms with van der Waals surface area (Å²) in [6, 6.07) is 4.20. The highest BCUT2D eigenvalue weighted by Gasteiger charge is 2.27. The standard InChI is InChI=1S/C18H24N4O/c1-13-16(14(2)21-20-13)8-9-18(23)22-11-4-3-7-17(22)15-6-5-10-19-12-15/h5-6,10,12,17H,3-4,7-9,11H2,1-2H3,(H,20,21). The van der Waals surface area contributed by atoms with E-state index in [0.29, 0.717) is 6.42 Å². The lowest BCUT2D eigenvalue weighted by atomic mass is 9.95. The lowest BCUT2D eigenvalue weighted by Gasteiger charge is -2.36. The van der Waals surface area contributed by atoms with Gasteiger partial charge in [-0.2, -0.15) is 5.10 Å². The summed E-state index contributed by atoms with van der Waals surface area (Å²) in [5.41, 5.74) is 4.39. The zero-order valence-electron chi connectivity index (χ0n) is 13.9. The van der Waals surface area contributed by atoms with Gasteiger partial charge < -0.3 is 4.90 Å². The lowest BCUT2D eigenvalue weighted by molar-refractivity contribution is -0.135. The van der Waals surface area contributed by atoms with Crippen LogP contribution in [0.15, 0.2) is 24.5 Å². The predicted octanol–water partition coefficient (Wildman–Crippen LogP) is 3.11. The number of aromatic nitrogens is 3. The second-order valence-corrected chi connectivity index (χ2v) is 6.30. The number of H-pyrrole nitrogens is 1. The van der Waals surface area contributed by atoms with E-state index in [0.717, 1.165) is 42.8 Å². The van der Waals surface area contributed by atoms with Crippen LogP contribution in [0.2, 0.25) is 0 Å². The fourth-order valence-electron chi connectivity index (χ4n) is 3.47. The van der Waals surface area contributed by atoms with Gasteiger partial charge in [0.05, 0.1) is 11.7 Å². The number of likely N-dealkylation sites (tertiary alicyclic amines) is 1. The van der Waals surface area contributed by atoms with Crippen molar-refractivity contribution in [3.8, 4) is 0 Å². The monoisotopic (exact) mass is 312 g/mol. The maximum absolute atomic E-state index is 12.8. The summed E-state index contributed by atoms with van der Waals surface area (Å²) in [6.07, 6.45) is 8.25.